The lowest BCUT2D eigenvalue weighted by molar-refractivity contribution is 0.0952. The summed E-state index contributed by atoms with van der Waals surface area (Å²) >= 11 is 3.31. The molecule has 3 aromatic carbocycles. The van der Waals surface area contributed by atoms with Crippen molar-refractivity contribution >= 4 is 38.2 Å². The summed E-state index contributed by atoms with van der Waals surface area (Å²) in [5, 5.41) is 3.93. The van der Waals surface area contributed by atoms with Crippen molar-refractivity contribution in [1.82, 2.24) is 5.43 Å². The Balaban J connectivity index is 1.78. The van der Waals surface area contributed by atoms with Gasteiger partial charge in [0.25, 0.3) is 5.91 Å². The number of amides is 1. The van der Waals surface area contributed by atoms with Crippen LogP contribution in [-0.2, 0) is 10.1 Å². The van der Waals surface area contributed by atoms with Crippen molar-refractivity contribution in [2.24, 2.45) is 5.10 Å². The molecule has 9 heteroatoms. The van der Waals surface area contributed by atoms with Gasteiger partial charge in [-0.15, -0.1) is 0 Å². The van der Waals surface area contributed by atoms with E-state index >= 15 is 0 Å². The van der Waals surface area contributed by atoms with Crippen molar-refractivity contribution in [3.63, 3.8) is 0 Å². The Kier molecular flexibility index (Phi) is 7.09. The van der Waals surface area contributed by atoms with E-state index in [0.717, 1.165) is 5.56 Å². The number of nitrogens with zero attached hydrogens (tertiary/aromatic N) is 1. The van der Waals surface area contributed by atoms with Crippen LogP contribution in [0, 0.1) is 6.92 Å². The molecule has 0 heterocycles. The van der Waals surface area contributed by atoms with E-state index in [1.807, 2.05) is 6.92 Å². The molecule has 0 aliphatic heterocycles. The summed E-state index contributed by atoms with van der Waals surface area (Å²) in [4.78, 5) is 12.5. The maximum absolute atomic E-state index is 12.6. The van der Waals surface area contributed by atoms with Gasteiger partial charge in [0.1, 0.15) is 10.6 Å². The molecule has 1 amide bonds. The van der Waals surface area contributed by atoms with Crippen molar-refractivity contribution in [1.29, 1.82) is 0 Å². The van der Waals surface area contributed by atoms with Gasteiger partial charge in [-0.2, -0.15) is 13.5 Å². The first-order valence-corrected chi connectivity index (χ1v) is 11.3. The van der Waals surface area contributed by atoms with Crippen LogP contribution in [0.25, 0.3) is 0 Å². The molecule has 0 atom stereocenters. The standard InChI is InChI=1S/C22H19BrN2O5S/c1-15-7-10-18(11-8-15)31(27,28)30-20-6-4-3-5-16(20)14-24-25-22(26)19-13-17(23)9-12-21(19)29-2/h3-14H,1-2H3,(H,25,26)/b24-14-. The minimum Gasteiger partial charge on any atom is -0.496 e. The quantitative estimate of drug-likeness (QED) is 0.295. The van der Waals surface area contributed by atoms with Gasteiger partial charge >= 0.3 is 10.1 Å². The van der Waals surface area contributed by atoms with Crippen LogP contribution in [-0.4, -0.2) is 27.6 Å². The lowest BCUT2D eigenvalue weighted by Crippen LogP contribution is -2.18. The van der Waals surface area contributed by atoms with Gasteiger partial charge in [-0.05, 0) is 49.4 Å². The number of hydrogen-bond donors (Lipinski definition) is 1. The highest BCUT2D eigenvalue weighted by molar-refractivity contribution is 9.10. The van der Waals surface area contributed by atoms with Crippen LogP contribution in [0.15, 0.2) is 81.2 Å². The summed E-state index contributed by atoms with van der Waals surface area (Å²) in [6, 6.07) is 17.8. The number of ether oxygens (including phenoxy) is 1. The minimum atomic E-state index is -4.02. The summed E-state index contributed by atoms with van der Waals surface area (Å²) < 4.78 is 36.4. The third-order valence-corrected chi connectivity index (χ3v) is 5.95. The lowest BCUT2D eigenvalue weighted by atomic mass is 10.2. The van der Waals surface area contributed by atoms with E-state index in [1.54, 1.807) is 48.5 Å². The fourth-order valence-corrected chi connectivity index (χ4v) is 3.93. The highest BCUT2D eigenvalue weighted by Crippen LogP contribution is 2.24. The predicted molar refractivity (Wildman–Crippen MR) is 121 cm³/mol. The molecular weight excluding hydrogens is 484 g/mol. The number of para-hydroxylation sites is 1. The van der Waals surface area contributed by atoms with Gasteiger partial charge in [0.15, 0.2) is 5.75 Å². The van der Waals surface area contributed by atoms with Crippen molar-refractivity contribution in [2.75, 3.05) is 7.11 Å². The molecule has 0 bridgehead atoms. The Morgan fingerprint density at radius 1 is 1.03 bits per heavy atom. The first-order valence-electron chi connectivity index (χ1n) is 9.07. The molecule has 3 aromatic rings. The Morgan fingerprint density at radius 3 is 2.45 bits per heavy atom. The number of halogens is 1. The molecule has 0 radical (unpaired) electrons. The molecule has 3 rings (SSSR count). The topological polar surface area (TPSA) is 94.1 Å². The number of hydrazone groups is 1. The predicted octanol–water partition coefficient (Wildman–Crippen LogP) is 4.30. The summed E-state index contributed by atoms with van der Waals surface area (Å²) in [5.41, 5.74) is 4.00. The van der Waals surface area contributed by atoms with Gasteiger partial charge in [0, 0.05) is 10.0 Å². The molecule has 31 heavy (non-hydrogen) atoms. The normalized spacial score (nSPS) is 11.3. The maximum atomic E-state index is 12.6. The van der Waals surface area contributed by atoms with Crippen LogP contribution in [0.2, 0.25) is 0 Å². The first kappa shape index (κ1) is 22.5. The molecule has 1 N–H and O–H groups in total. The number of benzene rings is 3. The largest absolute Gasteiger partial charge is 0.496 e. The van der Waals surface area contributed by atoms with Crippen LogP contribution in [0.3, 0.4) is 0 Å². The average molecular weight is 503 g/mol. The molecule has 160 valence electrons. The SMILES string of the molecule is COc1ccc(Br)cc1C(=O)N/N=C\c1ccccc1OS(=O)(=O)c1ccc(C)cc1. The monoisotopic (exact) mass is 502 g/mol. The third kappa shape index (κ3) is 5.71. The molecule has 0 saturated carbocycles. The number of methoxy groups -OCH3 is 1. The summed E-state index contributed by atoms with van der Waals surface area (Å²) in [6.45, 7) is 1.86. The fourth-order valence-electron chi connectivity index (χ4n) is 2.61. The number of hydrogen-bond acceptors (Lipinski definition) is 6. The van der Waals surface area contributed by atoms with Crippen LogP contribution in [0.5, 0.6) is 11.5 Å². The van der Waals surface area contributed by atoms with Crippen LogP contribution >= 0.6 is 15.9 Å². The molecule has 7 nitrogen and oxygen atoms in total. The van der Waals surface area contributed by atoms with Crippen molar-refractivity contribution < 1.29 is 22.1 Å². The smallest absolute Gasteiger partial charge is 0.339 e. The molecule has 0 fully saturated rings. The second-order valence-electron chi connectivity index (χ2n) is 6.43. The van der Waals surface area contributed by atoms with Gasteiger partial charge in [-0.3, -0.25) is 4.79 Å². The highest BCUT2D eigenvalue weighted by atomic mass is 79.9. The van der Waals surface area contributed by atoms with E-state index in [2.05, 4.69) is 26.5 Å². The molecular formula is C22H19BrN2O5S. The van der Waals surface area contributed by atoms with E-state index in [-0.39, 0.29) is 10.6 Å². The van der Waals surface area contributed by atoms with Gasteiger partial charge in [-0.1, -0.05) is 45.8 Å². The van der Waals surface area contributed by atoms with Crippen LogP contribution in [0.4, 0.5) is 0 Å². The zero-order valence-corrected chi connectivity index (χ0v) is 19.1. The number of carbonyl (C=O) groups excluding carboxylic acids is 1. The van der Waals surface area contributed by atoms with Crippen molar-refractivity contribution in [3.05, 3.63) is 87.9 Å². The number of nitrogens with one attached hydrogen (secondary N) is 1. The highest BCUT2D eigenvalue weighted by Gasteiger charge is 2.18. The molecule has 0 unspecified atom stereocenters. The van der Waals surface area contributed by atoms with Crippen LogP contribution in [0.1, 0.15) is 21.5 Å². The van der Waals surface area contributed by atoms with Gasteiger partial charge in [0.2, 0.25) is 0 Å². The Hall–Kier alpha value is -3.17. The van der Waals surface area contributed by atoms with Crippen molar-refractivity contribution in [3.8, 4) is 11.5 Å². The maximum Gasteiger partial charge on any atom is 0.339 e. The fraction of sp³-hybridized carbons (Fsp3) is 0.0909. The van der Waals surface area contributed by atoms with Crippen LogP contribution < -0.4 is 14.3 Å². The molecule has 0 saturated heterocycles. The number of rotatable bonds is 7. The number of aryl methyl sites for hydroxylation is 1. The van der Waals surface area contributed by atoms with E-state index in [1.165, 1.54) is 31.5 Å². The molecule has 0 aliphatic carbocycles. The Morgan fingerprint density at radius 2 is 1.74 bits per heavy atom. The molecule has 0 aromatic heterocycles. The third-order valence-electron chi connectivity index (χ3n) is 4.20. The van der Waals surface area contributed by atoms with E-state index in [0.29, 0.717) is 21.3 Å². The second-order valence-corrected chi connectivity index (χ2v) is 8.89. The second kappa shape index (κ2) is 9.76. The van der Waals surface area contributed by atoms with E-state index < -0.39 is 16.0 Å². The van der Waals surface area contributed by atoms with Gasteiger partial charge in [0.05, 0.1) is 18.9 Å². The van der Waals surface area contributed by atoms with E-state index in [9.17, 15) is 13.2 Å². The summed E-state index contributed by atoms with van der Waals surface area (Å²) in [7, 11) is -2.56. The number of carbonyl (C=O) groups is 1. The lowest BCUT2D eigenvalue weighted by Gasteiger charge is -2.10. The summed E-state index contributed by atoms with van der Waals surface area (Å²) in [6.07, 6.45) is 1.31. The molecule has 0 spiro atoms. The first-order chi connectivity index (χ1) is 14.8. The zero-order valence-electron chi connectivity index (χ0n) is 16.7. The summed E-state index contributed by atoms with van der Waals surface area (Å²) in [5.74, 6) is -0.00925. The zero-order chi connectivity index (χ0) is 22.4. The van der Waals surface area contributed by atoms with Gasteiger partial charge < -0.3 is 8.92 Å². The van der Waals surface area contributed by atoms with Gasteiger partial charge in [-0.25, -0.2) is 5.43 Å². The van der Waals surface area contributed by atoms with E-state index in [4.69, 9.17) is 8.92 Å². The average Bonchev–Trinajstić information content (AvgIpc) is 2.75. The minimum absolute atomic E-state index is 0.0416. The Labute approximate surface area is 189 Å². The Bertz CT molecular complexity index is 1220. The molecule has 0 aliphatic rings. The van der Waals surface area contributed by atoms with Crippen molar-refractivity contribution in [2.45, 2.75) is 11.8 Å².